The van der Waals surface area contributed by atoms with Gasteiger partial charge >= 0.3 is 0 Å². The molecule has 1 aliphatic carbocycles. The lowest BCUT2D eigenvalue weighted by Crippen LogP contribution is -2.42. The number of carbonyl (C=O) groups excluding carboxylic acids is 1. The molecule has 1 fully saturated rings. The van der Waals surface area contributed by atoms with Crippen molar-refractivity contribution in [3.8, 4) is 0 Å². The van der Waals surface area contributed by atoms with E-state index >= 15 is 0 Å². The highest BCUT2D eigenvalue weighted by Gasteiger charge is 2.28. The van der Waals surface area contributed by atoms with Crippen LogP contribution < -0.4 is 11.1 Å². The summed E-state index contributed by atoms with van der Waals surface area (Å²) in [5, 5.41) is 13.4. The van der Waals surface area contributed by atoms with E-state index in [-0.39, 0.29) is 5.91 Å². The number of nitrogen functional groups attached to an aromatic ring is 1. The number of carbonyl (C=O) groups is 1. The van der Waals surface area contributed by atoms with Gasteiger partial charge in [-0.25, -0.2) is 0 Å². The van der Waals surface area contributed by atoms with E-state index in [9.17, 15) is 9.90 Å². The van der Waals surface area contributed by atoms with Gasteiger partial charge in [-0.2, -0.15) is 0 Å². The molecule has 1 saturated carbocycles. The molecule has 1 amide bonds. The highest BCUT2D eigenvalue weighted by atomic mass is 79.9. The topological polar surface area (TPSA) is 75.4 Å². The Hall–Kier alpha value is -1.07. The van der Waals surface area contributed by atoms with Crippen LogP contribution >= 0.6 is 15.9 Å². The summed E-state index contributed by atoms with van der Waals surface area (Å²) < 4.78 is 0.781. The van der Waals surface area contributed by atoms with Gasteiger partial charge in [0.15, 0.2) is 0 Å². The van der Waals surface area contributed by atoms with Gasteiger partial charge in [0.2, 0.25) is 0 Å². The number of anilines is 1. The summed E-state index contributed by atoms with van der Waals surface area (Å²) in [6.45, 7) is 2.13. The van der Waals surface area contributed by atoms with Crippen LogP contribution in [0.2, 0.25) is 0 Å². The predicted octanol–water partition coefficient (Wildman–Crippen LogP) is 3.15. The van der Waals surface area contributed by atoms with E-state index < -0.39 is 5.60 Å². The largest absolute Gasteiger partial charge is 0.398 e. The molecule has 116 valence electrons. The van der Waals surface area contributed by atoms with Crippen LogP contribution in [0.25, 0.3) is 0 Å². The monoisotopic (exact) mass is 354 g/mol. The first-order valence-electron chi connectivity index (χ1n) is 7.47. The number of nitrogens with two attached hydrogens (primary N) is 1. The lowest BCUT2D eigenvalue weighted by molar-refractivity contribution is 0.0246. The second-order valence-electron chi connectivity index (χ2n) is 5.99. The molecule has 0 heterocycles. The van der Waals surface area contributed by atoms with Crippen molar-refractivity contribution in [2.75, 3.05) is 12.3 Å². The first-order chi connectivity index (χ1) is 9.91. The number of aliphatic hydroxyl groups is 1. The van der Waals surface area contributed by atoms with Crippen LogP contribution in [0.1, 0.15) is 54.4 Å². The quantitative estimate of drug-likeness (QED) is 0.576. The minimum absolute atomic E-state index is 0.182. The Kier molecular flexibility index (Phi) is 5.27. The molecular weight excluding hydrogens is 332 g/mol. The maximum absolute atomic E-state index is 12.3. The second kappa shape index (κ2) is 6.79. The lowest BCUT2D eigenvalue weighted by atomic mass is 9.94. The van der Waals surface area contributed by atoms with Crippen molar-refractivity contribution in [2.24, 2.45) is 0 Å². The zero-order chi connectivity index (χ0) is 15.5. The summed E-state index contributed by atoms with van der Waals surface area (Å²) in [6, 6.07) is 3.54. The maximum atomic E-state index is 12.3. The average Bonchev–Trinajstić information content (AvgIpc) is 2.65. The number of amides is 1. The van der Waals surface area contributed by atoms with Crippen molar-refractivity contribution in [2.45, 2.75) is 51.0 Å². The third-order valence-electron chi connectivity index (χ3n) is 4.27. The van der Waals surface area contributed by atoms with Gasteiger partial charge in [0.25, 0.3) is 5.91 Å². The molecule has 21 heavy (non-hydrogen) atoms. The predicted molar refractivity (Wildman–Crippen MR) is 88.3 cm³/mol. The SMILES string of the molecule is Cc1c(N)cc(Br)cc1C(=O)NCC1(O)CCCCCC1. The molecule has 0 radical (unpaired) electrons. The Bertz CT molecular complexity index is 523. The van der Waals surface area contributed by atoms with E-state index in [1.807, 2.05) is 6.92 Å². The Morgan fingerprint density at radius 2 is 1.95 bits per heavy atom. The van der Waals surface area contributed by atoms with Crippen molar-refractivity contribution >= 4 is 27.5 Å². The van der Waals surface area contributed by atoms with Crippen molar-refractivity contribution in [3.63, 3.8) is 0 Å². The fourth-order valence-electron chi connectivity index (χ4n) is 2.84. The van der Waals surface area contributed by atoms with Gasteiger partial charge in [0.05, 0.1) is 5.60 Å². The fraction of sp³-hybridized carbons (Fsp3) is 0.562. The smallest absolute Gasteiger partial charge is 0.251 e. The van der Waals surface area contributed by atoms with Gasteiger partial charge in [-0.15, -0.1) is 0 Å². The molecule has 1 aromatic carbocycles. The van der Waals surface area contributed by atoms with Gasteiger partial charge in [0, 0.05) is 22.3 Å². The van der Waals surface area contributed by atoms with Crippen LogP contribution in [-0.4, -0.2) is 23.2 Å². The first-order valence-corrected chi connectivity index (χ1v) is 8.27. The van der Waals surface area contributed by atoms with Crippen molar-refractivity contribution in [3.05, 3.63) is 27.7 Å². The van der Waals surface area contributed by atoms with Crippen LogP contribution in [0, 0.1) is 6.92 Å². The van der Waals surface area contributed by atoms with Crippen LogP contribution in [-0.2, 0) is 0 Å². The molecule has 0 aliphatic heterocycles. The molecule has 2 rings (SSSR count). The zero-order valence-electron chi connectivity index (χ0n) is 12.4. The Morgan fingerprint density at radius 1 is 1.33 bits per heavy atom. The van der Waals surface area contributed by atoms with Gasteiger partial charge < -0.3 is 16.2 Å². The molecule has 5 heteroatoms. The van der Waals surface area contributed by atoms with Crippen LogP contribution in [0.3, 0.4) is 0 Å². The van der Waals surface area contributed by atoms with Crippen LogP contribution in [0.5, 0.6) is 0 Å². The lowest BCUT2D eigenvalue weighted by Gasteiger charge is -2.27. The van der Waals surface area contributed by atoms with Crippen molar-refractivity contribution in [1.82, 2.24) is 5.32 Å². The van der Waals surface area contributed by atoms with E-state index in [4.69, 9.17) is 5.73 Å². The molecule has 0 unspecified atom stereocenters. The number of hydrogen-bond donors (Lipinski definition) is 3. The molecule has 1 aliphatic rings. The molecule has 1 aromatic rings. The summed E-state index contributed by atoms with van der Waals surface area (Å²) >= 11 is 3.35. The number of hydrogen-bond acceptors (Lipinski definition) is 3. The van der Waals surface area contributed by atoms with E-state index in [0.717, 1.165) is 48.6 Å². The normalized spacial score (nSPS) is 18.0. The molecule has 4 nitrogen and oxygen atoms in total. The number of halogens is 1. The number of nitrogens with one attached hydrogen (secondary N) is 1. The summed E-state index contributed by atoms with van der Waals surface area (Å²) in [6.07, 6.45) is 5.89. The summed E-state index contributed by atoms with van der Waals surface area (Å²) in [4.78, 5) is 12.3. The molecule has 4 N–H and O–H groups in total. The zero-order valence-corrected chi connectivity index (χ0v) is 14.0. The first kappa shape index (κ1) is 16.3. The molecule has 0 saturated heterocycles. The fourth-order valence-corrected chi connectivity index (χ4v) is 3.31. The van der Waals surface area contributed by atoms with Crippen LogP contribution in [0.4, 0.5) is 5.69 Å². The molecule has 0 spiro atoms. The number of benzene rings is 1. The van der Waals surface area contributed by atoms with E-state index in [1.165, 1.54) is 0 Å². The highest BCUT2D eigenvalue weighted by molar-refractivity contribution is 9.10. The molecule has 0 bridgehead atoms. The van der Waals surface area contributed by atoms with Crippen molar-refractivity contribution in [1.29, 1.82) is 0 Å². The highest BCUT2D eigenvalue weighted by Crippen LogP contribution is 2.27. The summed E-state index contributed by atoms with van der Waals surface area (Å²) in [7, 11) is 0. The van der Waals surface area contributed by atoms with Gasteiger partial charge in [-0.05, 0) is 37.5 Å². The summed E-state index contributed by atoms with van der Waals surface area (Å²) in [5.41, 5.74) is 7.03. The average molecular weight is 355 g/mol. The number of rotatable bonds is 3. The molecule has 0 atom stereocenters. The van der Waals surface area contributed by atoms with Gasteiger partial charge in [0.1, 0.15) is 0 Å². The van der Waals surface area contributed by atoms with Gasteiger partial charge in [-0.3, -0.25) is 4.79 Å². The molecule has 0 aromatic heterocycles. The van der Waals surface area contributed by atoms with Crippen LogP contribution in [0.15, 0.2) is 16.6 Å². The van der Waals surface area contributed by atoms with Gasteiger partial charge in [-0.1, -0.05) is 41.6 Å². The Balaban J connectivity index is 2.05. The van der Waals surface area contributed by atoms with Crippen molar-refractivity contribution < 1.29 is 9.90 Å². The minimum Gasteiger partial charge on any atom is -0.398 e. The van der Waals surface area contributed by atoms with E-state index in [0.29, 0.717) is 17.8 Å². The Morgan fingerprint density at radius 3 is 2.57 bits per heavy atom. The summed E-state index contributed by atoms with van der Waals surface area (Å²) in [5.74, 6) is -0.182. The molecular formula is C16H23BrN2O2. The van der Waals surface area contributed by atoms with E-state index in [2.05, 4.69) is 21.2 Å². The Labute approximate surface area is 134 Å². The van der Waals surface area contributed by atoms with E-state index in [1.54, 1.807) is 12.1 Å². The third-order valence-corrected chi connectivity index (χ3v) is 4.73. The second-order valence-corrected chi connectivity index (χ2v) is 6.90. The standard InChI is InChI=1S/C16H23BrN2O2/c1-11-13(8-12(17)9-14(11)18)15(20)19-10-16(21)6-4-2-3-5-7-16/h8-9,21H,2-7,10,18H2,1H3,(H,19,20). The third kappa shape index (κ3) is 4.20. The maximum Gasteiger partial charge on any atom is 0.251 e. The minimum atomic E-state index is -0.766.